The minimum atomic E-state index is -0.946. The van der Waals surface area contributed by atoms with E-state index in [1.54, 1.807) is 12.1 Å². The van der Waals surface area contributed by atoms with Gasteiger partial charge in [0.15, 0.2) is 0 Å². The first kappa shape index (κ1) is 17.3. The Hall–Kier alpha value is -2.04. The second kappa shape index (κ2) is 7.99. The first-order valence-electron chi connectivity index (χ1n) is 6.99. The van der Waals surface area contributed by atoms with Gasteiger partial charge in [-0.25, -0.2) is 0 Å². The number of amides is 1. The predicted molar refractivity (Wildman–Crippen MR) is 90.9 cm³/mol. The highest BCUT2D eigenvalue weighted by Gasteiger charge is 2.12. The first-order chi connectivity index (χ1) is 11.0. The van der Waals surface area contributed by atoms with E-state index in [1.165, 1.54) is 0 Å². The number of hydrogen-bond donors (Lipinski definition) is 2. The molecular weight excluding hydrogens is 337 g/mol. The summed E-state index contributed by atoms with van der Waals surface area (Å²) in [4.78, 5) is 22.4. The molecule has 0 unspecified atom stereocenters. The van der Waals surface area contributed by atoms with E-state index in [9.17, 15) is 9.59 Å². The summed E-state index contributed by atoms with van der Waals surface area (Å²) in [6, 6.07) is 12.6. The number of halogens is 2. The molecule has 0 aliphatic rings. The lowest BCUT2D eigenvalue weighted by atomic mass is 9.97. The molecule has 2 aromatic carbocycles. The highest BCUT2D eigenvalue weighted by atomic mass is 35.5. The van der Waals surface area contributed by atoms with E-state index in [0.29, 0.717) is 10.0 Å². The third kappa shape index (κ3) is 4.98. The van der Waals surface area contributed by atoms with Crippen molar-refractivity contribution < 1.29 is 14.7 Å². The molecule has 23 heavy (non-hydrogen) atoms. The average Bonchev–Trinajstić information content (AvgIpc) is 2.48. The SMILES string of the molecule is O=C(O)CCNC(=O)Cc1ccccc1-c1ccc(Cl)cc1Cl. The highest BCUT2D eigenvalue weighted by molar-refractivity contribution is 6.36. The molecule has 0 bridgehead atoms. The molecule has 0 saturated heterocycles. The van der Waals surface area contributed by atoms with Gasteiger partial charge in [0, 0.05) is 22.2 Å². The number of carbonyl (C=O) groups is 2. The van der Waals surface area contributed by atoms with Crippen molar-refractivity contribution in [3.05, 3.63) is 58.1 Å². The fourth-order valence-electron chi connectivity index (χ4n) is 2.19. The maximum atomic E-state index is 12.0. The number of nitrogens with one attached hydrogen (secondary N) is 1. The van der Waals surface area contributed by atoms with E-state index in [0.717, 1.165) is 16.7 Å². The van der Waals surface area contributed by atoms with Gasteiger partial charge in [-0.15, -0.1) is 0 Å². The van der Waals surface area contributed by atoms with Crippen LogP contribution in [0.4, 0.5) is 0 Å². The molecule has 2 aromatic rings. The van der Waals surface area contributed by atoms with Crippen LogP contribution in [0.25, 0.3) is 11.1 Å². The Morgan fingerprint density at radius 1 is 1.04 bits per heavy atom. The zero-order valence-corrected chi connectivity index (χ0v) is 13.7. The zero-order chi connectivity index (χ0) is 16.8. The number of hydrogen-bond acceptors (Lipinski definition) is 2. The lowest BCUT2D eigenvalue weighted by Crippen LogP contribution is -2.27. The maximum absolute atomic E-state index is 12.0. The summed E-state index contributed by atoms with van der Waals surface area (Å²) < 4.78 is 0. The number of rotatable bonds is 6. The molecular formula is C17H15Cl2NO3. The third-order valence-corrected chi connectivity index (χ3v) is 3.80. The Morgan fingerprint density at radius 3 is 2.48 bits per heavy atom. The third-order valence-electron chi connectivity index (χ3n) is 3.25. The van der Waals surface area contributed by atoms with Gasteiger partial charge in [-0.05, 0) is 23.3 Å². The van der Waals surface area contributed by atoms with Crippen molar-refractivity contribution in [3.63, 3.8) is 0 Å². The molecule has 0 saturated carbocycles. The molecule has 6 heteroatoms. The van der Waals surface area contributed by atoms with Crippen molar-refractivity contribution >= 4 is 35.1 Å². The maximum Gasteiger partial charge on any atom is 0.305 e. The van der Waals surface area contributed by atoms with Gasteiger partial charge < -0.3 is 10.4 Å². The molecule has 4 nitrogen and oxygen atoms in total. The summed E-state index contributed by atoms with van der Waals surface area (Å²) >= 11 is 12.2. The van der Waals surface area contributed by atoms with Crippen LogP contribution in [0, 0.1) is 0 Å². The average molecular weight is 352 g/mol. The molecule has 0 radical (unpaired) electrons. The summed E-state index contributed by atoms with van der Waals surface area (Å²) in [6.45, 7) is 0.109. The van der Waals surface area contributed by atoms with E-state index in [4.69, 9.17) is 28.3 Å². The summed E-state index contributed by atoms with van der Waals surface area (Å²) in [5.74, 6) is -1.18. The normalized spacial score (nSPS) is 10.3. The van der Waals surface area contributed by atoms with Crippen LogP contribution in [0.2, 0.25) is 10.0 Å². The van der Waals surface area contributed by atoms with E-state index < -0.39 is 5.97 Å². The highest BCUT2D eigenvalue weighted by Crippen LogP contribution is 2.32. The second-order valence-electron chi connectivity index (χ2n) is 4.95. The van der Waals surface area contributed by atoms with E-state index in [-0.39, 0.29) is 25.3 Å². The van der Waals surface area contributed by atoms with E-state index in [2.05, 4.69) is 5.32 Å². The summed E-state index contributed by atoms with van der Waals surface area (Å²) in [7, 11) is 0. The predicted octanol–water partition coefficient (Wildman–Crippen LogP) is 3.79. The minimum absolute atomic E-state index is 0.101. The molecule has 0 aromatic heterocycles. The summed E-state index contributed by atoms with van der Waals surface area (Å²) in [5, 5.41) is 12.2. The zero-order valence-electron chi connectivity index (χ0n) is 12.2. The topological polar surface area (TPSA) is 66.4 Å². The largest absolute Gasteiger partial charge is 0.481 e. The van der Waals surface area contributed by atoms with Gasteiger partial charge in [-0.3, -0.25) is 9.59 Å². The quantitative estimate of drug-likeness (QED) is 0.831. The van der Waals surface area contributed by atoms with Gasteiger partial charge in [0.2, 0.25) is 5.91 Å². The van der Waals surface area contributed by atoms with Crippen LogP contribution < -0.4 is 5.32 Å². The Bertz CT molecular complexity index is 732. The Kier molecular flexibility index (Phi) is 6.02. The number of carboxylic acid groups (broad SMARTS) is 1. The Morgan fingerprint density at radius 2 is 1.78 bits per heavy atom. The molecule has 2 N–H and O–H groups in total. The van der Waals surface area contributed by atoms with Crippen molar-refractivity contribution in [1.29, 1.82) is 0 Å². The number of carboxylic acids is 1. The monoisotopic (exact) mass is 351 g/mol. The van der Waals surface area contributed by atoms with Crippen LogP contribution >= 0.6 is 23.2 Å². The fraction of sp³-hybridized carbons (Fsp3) is 0.176. The lowest BCUT2D eigenvalue weighted by molar-refractivity contribution is -0.136. The van der Waals surface area contributed by atoms with Gasteiger partial charge >= 0.3 is 5.97 Å². The molecule has 0 spiro atoms. The standard InChI is InChI=1S/C17H15Cl2NO3/c18-12-5-6-14(15(19)10-12)13-4-2-1-3-11(13)9-16(21)20-8-7-17(22)23/h1-6,10H,7-9H2,(H,20,21)(H,22,23). The number of benzene rings is 2. The van der Waals surface area contributed by atoms with Crippen LogP contribution in [0.1, 0.15) is 12.0 Å². The number of carbonyl (C=O) groups excluding carboxylic acids is 1. The van der Waals surface area contributed by atoms with Gasteiger partial charge in [0.25, 0.3) is 0 Å². The van der Waals surface area contributed by atoms with Crippen LogP contribution in [-0.2, 0) is 16.0 Å². The summed E-state index contributed by atoms with van der Waals surface area (Å²) in [5.41, 5.74) is 2.46. The van der Waals surface area contributed by atoms with Crippen molar-refractivity contribution in [2.75, 3.05) is 6.54 Å². The van der Waals surface area contributed by atoms with E-state index in [1.807, 2.05) is 30.3 Å². The van der Waals surface area contributed by atoms with Crippen LogP contribution in [-0.4, -0.2) is 23.5 Å². The fourth-order valence-corrected chi connectivity index (χ4v) is 2.70. The van der Waals surface area contributed by atoms with Gasteiger partial charge in [-0.1, -0.05) is 53.5 Å². The first-order valence-corrected chi connectivity index (χ1v) is 7.75. The summed E-state index contributed by atoms with van der Waals surface area (Å²) in [6.07, 6.45) is 0.0468. The number of aliphatic carboxylic acids is 1. The second-order valence-corrected chi connectivity index (χ2v) is 5.80. The van der Waals surface area contributed by atoms with Crippen LogP contribution in [0.5, 0.6) is 0 Å². The Labute approximate surface area is 144 Å². The van der Waals surface area contributed by atoms with Crippen LogP contribution in [0.15, 0.2) is 42.5 Å². The molecule has 0 atom stereocenters. The van der Waals surface area contributed by atoms with Crippen molar-refractivity contribution in [2.45, 2.75) is 12.8 Å². The van der Waals surface area contributed by atoms with E-state index >= 15 is 0 Å². The lowest BCUT2D eigenvalue weighted by Gasteiger charge is -2.11. The Balaban J connectivity index is 2.17. The minimum Gasteiger partial charge on any atom is -0.481 e. The van der Waals surface area contributed by atoms with Gasteiger partial charge in [0.05, 0.1) is 12.8 Å². The molecule has 0 heterocycles. The molecule has 0 aliphatic heterocycles. The molecule has 0 aliphatic carbocycles. The van der Waals surface area contributed by atoms with Crippen molar-refractivity contribution in [2.24, 2.45) is 0 Å². The molecule has 2 rings (SSSR count). The van der Waals surface area contributed by atoms with Gasteiger partial charge in [0.1, 0.15) is 0 Å². The van der Waals surface area contributed by atoms with Crippen molar-refractivity contribution in [1.82, 2.24) is 5.32 Å². The molecule has 1 amide bonds. The smallest absolute Gasteiger partial charge is 0.305 e. The molecule has 120 valence electrons. The van der Waals surface area contributed by atoms with Crippen molar-refractivity contribution in [3.8, 4) is 11.1 Å². The van der Waals surface area contributed by atoms with Crippen LogP contribution in [0.3, 0.4) is 0 Å². The molecule has 0 fully saturated rings. The van der Waals surface area contributed by atoms with Gasteiger partial charge in [-0.2, -0.15) is 0 Å².